The Bertz CT molecular complexity index is 102. The van der Waals surface area contributed by atoms with Crippen molar-refractivity contribution in [3.8, 4) is 0 Å². The van der Waals surface area contributed by atoms with Gasteiger partial charge in [0.05, 0.1) is 8.96 Å². The molecule has 0 aromatic carbocycles. The van der Waals surface area contributed by atoms with Gasteiger partial charge in [0.15, 0.2) is 0 Å². The van der Waals surface area contributed by atoms with E-state index in [9.17, 15) is 0 Å². The Morgan fingerprint density at radius 1 is 1.30 bits per heavy atom. The van der Waals surface area contributed by atoms with E-state index in [-0.39, 0.29) is 0 Å². The van der Waals surface area contributed by atoms with Crippen LogP contribution in [0.5, 0.6) is 0 Å². The van der Waals surface area contributed by atoms with Gasteiger partial charge in [-0.3, -0.25) is 0 Å². The predicted octanol–water partition coefficient (Wildman–Crippen LogP) is 2.13. The summed E-state index contributed by atoms with van der Waals surface area (Å²) in [5.41, 5.74) is 0. The van der Waals surface area contributed by atoms with Crippen molar-refractivity contribution >= 4 is 17.2 Å². The molecule has 1 nitrogen and oxygen atoms in total. The van der Waals surface area contributed by atoms with Gasteiger partial charge >= 0.3 is 0 Å². The highest BCUT2D eigenvalue weighted by atomic mass is 28.4. The standard InChI is InChI=1S/C7H21NSi2/c1-7-10(5,6)8(2)9(3)4/h9H,7H2,1-6H3. The molecule has 0 saturated carbocycles. The van der Waals surface area contributed by atoms with E-state index >= 15 is 0 Å². The topological polar surface area (TPSA) is 3.24 Å². The first-order valence-corrected chi connectivity index (χ1v) is 10.1. The Balaban J connectivity index is 4.03. The van der Waals surface area contributed by atoms with Gasteiger partial charge < -0.3 is 4.23 Å². The van der Waals surface area contributed by atoms with Crippen molar-refractivity contribution in [1.82, 2.24) is 4.23 Å². The molecule has 3 heteroatoms. The molecule has 0 fully saturated rings. The molecule has 0 rings (SSSR count). The van der Waals surface area contributed by atoms with Crippen molar-refractivity contribution in [3.63, 3.8) is 0 Å². The van der Waals surface area contributed by atoms with Crippen molar-refractivity contribution in [1.29, 1.82) is 0 Å². The molecule has 0 aromatic rings. The second-order valence-corrected chi connectivity index (χ2v) is 12.4. The molecule has 0 heterocycles. The van der Waals surface area contributed by atoms with E-state index in [0.717, 1.165) is 0 Å². The summed E-state index contributed by atoms with van der Waals surface area (Å²) in [7, 11) is 0.851. The Morgan fingerprint density at radius 3 is 1.80 bits per heavy atom. The molecule has 0 unspecified atom stereocenters. The normalized spacial score (nSPS) is 13.2. The molecule has 0 amide bonds. The van der Waals surface area contributed by atoms with Gasteiger partial charge in [0.1, 0.15) is 8.24 Å². The third-order valence-electron chi connectivity index (χ3n) is 2.59. The summed E-state index contributed by atoms with van der Waals surface area (Å²) in [6, 6.07) is 1.38. The van der Waals surface area contributed by atoms with E-state index in [1.165, 1.54) is 6.04 Å². The van der Waals surface area contributed by atoms with Gasteiger partial charge in [-0.25, -0.2) is 0 Å². The van der Waals surface area contributed by atoms with Gasteiger partial charge in [-0.1, -0.05) is 33.1 Å². The van der Waals surface area contributed by atoms with Gasteiger partial charge in [-0.2, -0.15) is 0 Å². The summed E-state index contributed by atoms with van der Waals surface area (Å²) in [5.74, 6) is 0. The minimum Gasteiger partial charge on any atom is -0.351 e. The second-order valence-electron chi connectivity index (χ2n) is 3.87. The van der Waals surface area contributed by atoms with Gasteiger partial charge in [0, 0.05) is 0 Å². The Morgan fingerprint density at radius 2 is 1.70 bits per heavy atom. The van der Waals surface area contributed by atoms with Crippen molar-refractivity contribution in [2.24, 2.45) is 0 Å². The van der Waals surface area contributed by atoms with Crippen molar-refractivity contribution in [2.75, 3.05) is 7.05 Å². The van der Waals surface area contributed by atoms with Crippen LogP contribution in [0.3, 0.4) is 0 Å². The molecule has 62 valence electrons. The largest absolute Gasteiger partial charge is 0.351 e. The zero-order chi connectivity index (χ0) is 8.36. The maximum absolute atomic E-state index is 2.69. The average Bonchev–Trinajstić information content (AvgIpc) is 1.86. The molecule has 0 bridgehead atoms. The van der Waals surface area contributed by atoms with E-state index in [2.05, 4.69) is 44.4 Å². The van der Waals surface area contributed by atoms with Gasteiger partial charge in [-0.15, -0.1) is 0 Å². The lowest BCUT2D eigenvalue weighted by Gasteiger charge is -2.35. The molecule has 0 aromatic heterocycles. The van der Waals surface area contributed by atoms with Crippen LogP contribution in [0, 0.1) is 0 Å². The van der Waals surface area contributed by atoms with Crippen LogP contribution in [0.2, 0.25) is 32.2 Å². The van der Waals surface area contributed by atoms with Crippen molar-refractivity contribution in [2.45, 2.75) is 39.2 Å². The van der Waals surface area contributed by atoms with Crippen LogP contribution in [-0.2, 0) is 0 Å². The summed E-state index contributed by atoms with van der Waals surface area (Å²) in [5, 5.41) is 0. The van der Waals surface area contributed by atoms with Crippen molar-refractivity contribution < 1.29 is 0 Å². The Kier molecular flexibility index (Phi) is 3.83. The Hall–Kier alpha value is 0.394. The van der Waals surface area contributed by atoms with Gasteiger partial charge in [0.25, 0.3) is 0 Å². The van der Waals surface area contributed by atoms with E-state index in [1.807, 2.05) is 0 Å². The minimum atomic E-state index is -0.949. The maximum Gasteiger partial charge on any atom is 0.114 e. The molecule has 0 aliphatic rings. The minimum absolute atomic E-state index is 0.512. The first-order chi connectivity index (χ1) is 4.41. The third kappa shape index (κ3) is 2.56. The quantitative estimate of drug-likeness (QED) is 0.594. The molecule has 0 radical (unpaired) electrons. The molecule has 0 aliphatic heterocycles. The molecule has 0 atom stereocenters. The number of hydrogen-bond acceptors (Lipinski definition) is 1. The number of hydrogen-bond donors (Lipinski definition) is 0. The number of nitrogens with zero attached hydrogens (tertiary/aromatic N) is 1. The maximum atomic E-state index is 2.69. The summed E-state index contributed by atoms with van der Waals surface area (Å²) in [6.07, 6.45) is 0. The van der Waals surface area contributed by atoms with Crippen LogP contribution in [0.1, 0.15) is 6.92 Å². The molecule has 0 spiro atoms. The van der Waals surface area contributed by atoms with E-state index in [0.29, 0.717) is 0 Å². The van der Waals surface area contributed by atoms with Crippen LogP contribution >= 0.6 is 0 Å². The summed E-state index contributed by atoms with van der Waals surface area (Å²) in [6.45, 7) is 12.0. The molecule has 0 saturated heterocycles. The van der Waals surface area contributed by atoms with Crippen LogP contribution in [0.4, 0.5) is 0 Å². The van der Waals surface area contributed by atoms with Crippen LogP contribution in [0.25, 0.3) is 0 Å². The first-order valence-electron chi connectivity index (χ1n) is 4.14. The zero-order valence-corrected chi connectivity index (χ0v) is 10.4. The predicted molar refractivity (Wildman–Crippen MR) is 54.6 cm³/mol. The summed E-state index contributed by atoms with van der Waals surface area (Å²) in [4.78, 5) is 0. The van der Waals surface area contributed by atoms with Gasteiger partial charge in [-0.05, 0) is 13.1 Å². The lowest BCUT2D eigenvalue weighted by Crippen LogP contribution is -2.51. The van der Waals surface area contributed by atoms with E-state index in [4.69, 9.17) is 0 Å². The van der Waals surface area contributed by atoms with Crippen molar-refractivity contribution in [3.05, 3.63) is 0 Å². The molecule has 0 N–H and O–H groups in total. The lowest BCUT2D eigenvalue weighted by molar-refractivity contribution is 0.770. The number of rotatable bonds is 3. The smallest absolute Gasteiger partial charge is 0.114 e. The highest BCUT2D eigenvalue weighted by Crippen LogP contribution is 2.13. The van der Waals surface area contributed by atoms with Crippen LogP contribution in [0.15, 0.2) is 0 Å². The van der Waals surface area contributed by atoms with E-state index < -0.39 is 17.2 Å². The fraction of sp³-hybridized carbons (Fsp3) is 1.00. The van der Waals surface area contributed by atoms with Gasteiger partial charge in [0.2, 0.25) is 0 Å². The first kappa shape index (κ1) is 10.4. The SMILES string of the molecule is CC[Si](C)(C)N(C)[SiH](C)C. The molecular weight excluding hydrogens is 154 g/mol. The molecule has 0 aliphatic carbocycles. The Labute approximate surface area is 68.2 Å². The third-order valence-corrected chi connectivity index (χ3v) is 11.4. The van der Waals surface area contributed by atoms with Crippen LogP contribution in [-0.4, -0.2) is 28.5 Å². The second kappa shape index (κ2) is 3.69. The molecule has 10 heavy (non-hydrogen) atoms. The summed E-state index contributed by atoms with van der Waals surface area (Å²) < 4.78 is 2.69. The zero-order valence-electron chi connectivity index (χ0n) is 8.23. The lowest BCUT2D eigenvalue weighted by atomic mass is 11.0. The highest BCUT2D eigenvalue weighted by molar-refractivity contribution is 6.83. The monoisotopic (exact) mass is 175 g/mol. The van der Waals surface area contributed by atoms with E-state index in [1.54, 1.807) is 0 Å². The fourth-order valence-electron chi connectivity index (χ4n) is 0.948. The fourth-order valence-corrected chi connectivity index (χ4v) is 7.59. The summed E-state index contributed by atoms with van der Waals surface area (Å²) >= 11 is 0. The molecular formula is C7H21NSi2. The average molecular weight is 175 g/mol. The highest BCUT2D eigenvalue weighted by Gasteiger charge is 2.25. The van der Waals surface area contributed by atoms with Crippen LogP contribution < -0.4 is 0 Å².